The Morgan fingerprint density at radius 2 is 1.62 bits per heavy atom. The number of hydrogen-bond acceptors (Lipinski definition) is 4. The van der Waals surface area contributed by atoms with Gasteiger partial charge in [-0.2, -0.15) is 9.97 Å². The Morgan fingerprint density at radius 1 is 0.958 bits per heavy atom. The maximum Gasteiger partial charge on any atom is 0.318 e. The number of hydrogen-bond donors (Lipinski definition) is 1. The zero-order chi connectivity index (χ0) is 17.3. The summed E-state index contributed by atoms with van der Waals surface area (Å²) in [6.07, 6.45) is 0.813. The Bertz CT molecular complexity index is 889. The molecule has 5 heteroatoms. The number of aryl methyl sites for hydroxylation is 3. The minimum absolute atomic E-state index is 0.286. The van der Waals surface area contributed by atoms with Gasteiger partial charge in [0, 0.05) is 16.1 Å². The van der Waals surface area contributed by atoms with E-state index in [1.54, 1.807) is 0 Å². The standard InChI is InChI=1S/C19H18ClN3O/c1-4-13-10-14(8-9-15(13)20)17-21-18(23-19(24)22-17)16-11(2)6-5-7-12(16)3/h5-10H,4H2,1-3H3,(H,21,22,23,24). The molecule has 3 rings (SSSR count). The number of benzene rings is 2. The number of halogens is 1. The molecule has 0 fully saturated rings. The molecule has 1 heterocycles. The highest BCUT2D eigenvalue weighted by molar-refractivity contribution is 6.31. The van der Waals surface area contributed by atoms with Gasteiger partial charge in [0.2, 0.25) is 0 Å². The van der Waals surface area contributed by atoms with Crippen molar-refractivity contribution in [2.75, 3.05) is 0 Å². The average Bonchev–Trinajstić information content (AvgIpc) is 2.54. The molecule has 0 aliphatic carbocycles. The third-order valence-corrected chi connectivity index (χ3v) is 4.38. The molecule has 0 aliphatic heterocycles. The van der Waals surface area contributed by atoms with Gasteiger partial charge in [-0.25, -0.2) is 4.98 Å². The van der Waals surface area contributed by atoms with Crippen LogP contribution in [0.15, 0.2) is 36.4 Å². The Kier molecular flexibility index (Phi) is 4.49. The second-order valence-corrected chi connectivity index (χ2v) is 6.12. The molecule has 122 valence electrons. The maximum atomic E-state index is 9.99. The first-order valence-electron chi connectivity index (χ1n) is 7.80. The fourth-order valence-electron chi connectivity index (χ4n) is 2.76. The summed E-state index contributed by atoms with van der Waals surface area (Å²) in [6, 6.07) is 11.3. The topological polar surface area (TPSA) is 58.9 Å². The summed E-state index contributed by atoms with van der Waals surface area (Å²) in [7, 11) is 0. The van der Waals surface area contributed by atoms with Crippen LogP contribution in [0.1, 0.15) is 23.6 Å². The van der Waals surface area contributed by atoms with E-state index in [2.05, 4.69) is 15.0 Å². The van der Waals surface area contributed by atoms with Gasteiger partial charge in [-0.1, -0.05) is 36.7 Å². The molecule has 0 atom stereocenters. The molecule has 0 saturated carbocycles. The van der Waals surface area contributed by atoms with E-state index in [0.29, 0.717) is 11.6 Å². The van der Waals surface area contributed by atoms with Crippen LogP contribution >= 0.6 is 11.6 Å². The zero-order valence-corrected chi connectivity index (χ0v) is 14.6. The van der Waals surface area contributed by atoms with Crippen molar-refractivity contribution >= 4 is 11.6 Å². The Balaban J connectivity index is 2.17. The molecule has 2 aromatic carbocycles. The lowest BCUT2D eigenvalue weighted by molar-refractivity contribution is 0.430. The highest BCUT2D eigenvalue weighted by Gasteiger charge is 2.14. The minimum Gasteiger partial charge on any atom is -0.479 e. The lowest BCUT2D eigenvalue weighted by atomic mass is 10.0. The molecule has 4 nitrogen and oxygen atoms in total. The van der Waals surface area contributed by atoms with E-state index in [0.717, 1.165) is 39.3 Å². The predicted octanol–water partition coefficient (Wildman–Crippen LogP) is 4.74. The SMILES string of the molecule is CCc1cc(-c2nc(O)nc(-c3c(C)cccc3C)n2)ccc1Cl. The third-order valence-electron chi connectivity index (χ3n) is 4.01. The molecule has 0 bridgehead atoms. The lowest BCUT2D eigenvalue weighted by Crippen LogP contribution is -1.99. The van der Waals surface area contributed by atoms with Crippen LogP contribution < -0.4 is 0 Å². The van der Waals surface area contributed by atoms with Crippen LogP contribution in [-0.4, -0.2) is 20.1 Å². The number of nitrogens with zero attached hydrogens (tertiary/aromatic N) is 3. The molecule has 1 N–H and O–H groups in total. The Morgan fingerprint density at radius 3 is 2.29 bits per heavy atom. The molecule has 0 saturated heterocycles. The average molecular weight is 340 g/mol. The first-order chi connectivity index (χ1) is 11.5. The summed E-state index contributed by atoms with van der Waals surface area (Å²) in [5.41, 5.74) is 4.85. The van der Waals surface area contributed by atoms with Crippen LogP contribution in [0.3, 0.4) is 0 Å². The molecule has 3 aromatic rings. The van der Waals surface area contributed by atoms with E-state index in [4.69, 9.17) is 11.6 Å². The number of rotatable bonds is 3. The lowest BCUT2D eigenvalue weighted by Gasteiger charge is -2.10. The van der Waals surface area contributed by atoms with Gasteiger partial charge < -0.3 is 5.11 Å². The molecule has 0 amide bonds. The van der Waals surface area contributed by atoms with Crippen molar-refractivity contribution < 1.29 is 5.11 Å². The largest absolute Gasteiger partial charge is 0.479 e. The molecular weight excluding hydrogens is 322 g/mol. The van der Waals surface area contributed by atoms with E-state index in [1.807, 2.05) is 57.2 Å². The molecule has 0 unspecified atom stereocenters. The van der Waals surface area contributed by atoms with Crippen LogP contribution in [0, 0.1) is 13.8 Å². The third kappa shape index (κ3) is 3.10. The van der Waals surface area contributed by atoms with Gasteiger partial charge >= 0.3 is 6.01 Å². The van der Waals surface area contributed by atoms with Crippen LogP contribution in [0.4, 0.5) is 0 Å². The fourth-order valence-corrected chi connectivity index (χ4v) is 3.01. The van der Waals surface area contributed by atoms with E-state index in [9.17, 15) is 5.11 Å². The smallest absolute Gasteiger partial charge is 0.318 e. The van der Waals surface area contributed by atoms with Gasteiger partial charge in [0.25, 0.3) is 0 Å². The molecular formula is C19H18ClN3O. The molecule has 1 aromatic heterocycles. The van der Waals surface area contributed by atoms with E-state index in [1.165, 1.54) is 0 Å². The number of aromatic hydroxyl groups is 1. The monoisotopic (exact) mass is 339 g/mol. The summed E-state index contributed by atoms with van der Waals surface area (Å²) in [5.74, 6) is 0.910. The van der Waals surface area contributed by atoms with Crippen LogP contribution in [-0.2, 0) is 6.42 Å². The predicted molar refractivity (Wildman–Crippen MR) is 96.2 cm³/mol. The van der Waals surface area contributed by atoms with Gasteiger partial charge in [-0.05, 0) is 55.2 Å². The molecule has 24 heavy (non-hydrogen) atoms. The normalized spacial score (nSPS) is 10.8. The van der Waals surface area contributed by atoms with Crippen molar-refractivity contribution in [3.8, 4) is 28.8 Å². The summed E-state index contributed by atoms with van der Waals surface area (Å²) < 4.78 is 0. The fraction of sp³-hybridized carbons (Fsp3) is 0.211. The van der Waals surface area contributed by atoms with Crippen LogP contribution in [0.2, 0.25) is 5.02 Å². The second-order valence-electron chi connectivity index (χ2n) is 5.71. The van der Waals surface area contributed by atoms with E-state index >= 15 is 0 Å². The van der Waals surface area contributed by atoms with Crippen LogP contribution in [0.25, 0.3) is 22.8 Å². The summed E-state index contributed by atoms with van der Waals surface area (Å²) in [6.45, 7) is 6.04. The number of aromatic nitrogens is 3. The summed E-state index contributed by atoms with van der Waals surface area (Å²) >= 11 is 6.18. The van der Waals surface area contributed by atoms with E-state index < -0.39 is 0 Å². The maximum absolute atomic E-state index is 9.99. The van der Waals surface area contributed by atoms with Crippen molar-refractivity contribution in [2.45, 2.75) is 27.2 Å². The Hall–Kier alpha value is -2.46. The van der Waals surface area contributed by atoms with Gasteiger partial charge in [0.1, 0.15) is 0 Å². The highest BCUT2D eigenvalue weighted by atomic mass is 35.5. The van der Waals surface area contributed by atoms with Gasteiger partial charge in [-0.15, -0.1) is 0 Å². The molecule has 0 radical (unpaired) electrons. The van der Waals surface area contributed by atoms with Crippen molar-refractivity contribution in [3.63, 3.8) is 0 Å². The highest BCUT2D eigenvalue weighted by Crippen LogP contribution is 2.28. The van der Waals surface area contributed by atoms with Crippen molar-refractivity contribution in [2.24, 2.45) is 0 Å². The Labute approximate surface area is 146 Å². The van der Waals surface area contributed by atoms with Crippen molar-refractivity contribution in [1.29, 1.82) is 0 Å². The summed E-state index contributed by atoms with van der Waals surface area (Å²) in [4.78, 5) is 12.8. The van der Waals surface area contributed by atoms with Gasteiger partial charge in [-0.3, -0.25) is 0 Å². The second kappa shape index (κ2) is 6.57. The summed E-state index contributed by atoms with van der Waals surface area (Å²) in [5, 5.41) is 10.7. The van der Waals surface area contributed by atoms with Crippen LogP contribution in [0.5, 0.6) is 6.01 Å². The first-order valence-corrected chi connectivity index (χ1v) is 8.17. The quantitative estimate of drug-likeness (QED) is 0.748. The van der Waals surface area contributed by atoms with E-state index in [-0.39, 0.29) is 6.01 Å². The minimum atomic E-state index is -0.286. The molecule has 0 aliphatic rings. The van der Waals surface area contributed by atoms with Gasteiger partial charge in [0.15, 0.2) is 11.6 Å². The van der Waals surface area contributed by atoms with Crippen molar-refractivity contribution in [3.05, 3.63) is 58.1 Å². The van der Waals surface area contributed by atoms with Gasteiger partial charge in [0.05, 0.1) is 0 Å². The zero-order valence-electron chi connectivity index (χ0n) is 13.8. The molecule has 0 spiro atoms. The first kappa shape index (κ1) is 16.4. The van der Waals surface area contributed by atoms with Crippen molar-refractivity contribution in [1.82, 2.24) is 15.0 Å².